The lowest BCUT2D eigenvalue weighted by molar-refractivity contribution is -0.889. The molecule has 0 rings (SSSR count). The Balaban J connectivity index is 4.40. The fraction of sp³-hybridized carbons (Fsp3) is 0.776. The molecule has 0 aliphatic rings. The number of carboxylic acids is 1. The topological polar surface area (TPSA) is 102 Å². The number of allylic oxidation sites excluding steroid dienone is 8. The Bertz CT molecular complexity index is 1070. The summed E-state index contributed by atoms with van der Waals surface area (Å²) >= 11 is 0. The quantitative estimate of drug-likeness (QED) is 0.0262. The number of aliphatic carboxylic acids is 1. The molecule has 0 saturated carbocycles. The van der Waals surface area contributed by atoms with Crippen molar-refractivity contribution >= 4 is 17.9 Å². The number of carbonyl (C=O) groups excluding carboxylic acids is 3. The standard InChI is InChI=1S/C49H87NO7/c1-6-8-10-12-14-16-18-20-22-24-26-28-30-32-34-36-38-40-48(52)57-45(43-55-42-41-46(49(53)54)50(3,4)5)44-56-47(51)39-37-35-33-31-29-27-25-23-21-19-17-15-13-11-9-7-2/h14,16,20,22,26,28,32,34,45-46H,6-13,15,17-19,21,23-25,27,29-31,33,35-44H2,1-5H3/b16-14+,22-20+,28-26+,34-32+. The van der Waals surface area contributed by atoms with Crippen molar-refractivity contribution in [1.82, 2.24) is 0 Å². The second-order valence-electron chi connectivity index (χ2n) is 16.6. The average Bonchev–Trinajstić information content (AvgIpc) is 3.17. The van der Waals surface area contributed by atoms with Crippen molar-refractivity contribution in [2.24, 2.45) is 0 Å². The van der Waals surface area contributed by atoms with Crippen molar-refractivity contribution in [1.29, 1.82) is 0 Å². The molecule has 0 aliphatic carbocycles. The lowest BCUT2D eigenvalue weighted by Crippen LogP contribution is -2.55. The number of hydrogen-bond donors (Lipinski definition) is 0. The number of unbranched alkanes of at least 4 members (excludes halogenated alkanes) is 19. The van der Waals surface area contributed by atoms with Crippen LogP contribution in [0.4, 0.5) is 0 Å². The summed E-state index contributed by atoms with van der Waals surface area (Å²) in [6.07, 6.45) is 47.1. The summed E-state index contributed by atoms with van der Waals surface area (Å²) < 4.78 is 17.1. The Hall–Kier alpha value is -2.71. The second-order valence-corrected chi connectivity index (χ2v) is 16.6. The molecule has 2 unspecified atom stereocenters. The minimum Gasteiger partial charge on any atom is -0.544 e. The van der Waals surface area contributed by atoms with Crippen LogP contribution < -0.4 is 5.11 Å². The minimum atomic E-state index is -1.13. The Morgan fingerprint density at radius 3 is 1.42 bits per heavy atom. The molecule has 57 heavy (non-hydrogen) atoms. The van der Waals surface area contributed by atoms with Crippen molar-refractivity contribution in [2.45, 2.75) is 206 Å². The van der Waals surface area contributed by atoms with Gasteiger partial charge in [-0.2, -0.15) is 0 Å². The summed E-state index contributed by atoms with van der Waals surface area (Å²) in [6, 6.07) is -0.735. The molecule has 0 aromatic rings. The Morgan fingerprint density at radius 1 is 0.526 bits per heavy atom. The average molecular weight is 802 g/mol. The number of esters is 2. The molecule has 2 atom stereocenters. The van der Waals surface area contributed by atoms with Crippen LogP contribution >= 0.6 is 0 Å². The van der Waals surface area contributed by atoms with Gasteiger partial charge in [-0.25, -0.2) is 0 Å². The van der Waals surface area contributed by atoms with Gasteiger partial charge in [0, 0.05) is 19.3 Å². The SMILES string of the molecule is CCCCC/C=C/C/C=C/C/C=C/C/C=C/CCCC(=O)OC(COCCC(C(=O)[O-])[N+](C)(C)C)COC(=O)CCCCCCCCCCCCCCCCCC. The number of ether oxygens (including phenoxy) is 3. The third kappa shape index (κ3) is 38.6. The highest BCUT2D eigenvalue weighted by atomic mass is 16.6. The molecule has 0 heterocycles. The fourth-order valence-corrected chi connectivity index (χ4v) is 6.59. The second kappa shape index (κ2) is 40.1. The maximum absolute atomic E-state index is 12.7. The predicted octanol–water partition coefficient (Wildman–Crippen LogP) is 11.5. The van der Waals surface area contributed by atoms with Crippen LogP contribution in [-0.4, -0.2) is 75.5 Å². The van der Waals surface area contributed by atoms with Crippen molar-refractivity contribution in [2.75, 3.05) is 41.0 Å². The number of rotatable bonds is 41. The van der Waals surface area contributed by atoms with Crippen molar-refractivity contribution in [3.8, 4) is 0 Å². The van der Waals surface area contributed by atoms with E-state index in [-0.39, 0.29) is 49.1 Å². The van der Waals surface area contributed by atoms with E-state index >= 15 is 0 Å². The summed E-state index contributed by atoms with van der Waals surface area (Å²) in [4.78, 5) is 36.9. The number of quaternary nitrogens is 1. The number of nitrogens with zero attached hydrogens (tertiary/aromatic N) is 1. The lowest BCUT2D eigenvalue weighted by Gasteiger charge is -2.34. The van der Waals surface area contributed by atoms with Crippen molar-refractivity contribution in [3.63, 3.8) is 0 Å². The van der Waals surface area contributed by atoms with Gasteiger partial charge in [0.15, 0.2) is 6.10 Å². The Morgan fingerprint density at radius 2 is 0.947 bits per heavy atom. The lowest BCUT2D eigenvalue weighted by atomic mass is 10.0. The molecule has 330 valence electrons. The zero-order chi connectivity index (χ0) is 42.1. The number of hydrogen-bond acceptors (Lipinski definition) is 7. The van der Waals surface area contributed by atoms with Gasteiger partial charge in [0.05, 0.1) is 40.3 Å². The van der Waals surface area contributed by atoms with E-state index < -0.39 is 18.1 Å². The van der Waals surface area contributed by atoms with Crippen LogP contribution in [0, 0.1) is 0 Å². The van der Waals surface area contributed by atoms with Crippen LogP contribution in [0.2, 0.25) is 0 Å². The summed E-state index contributed by atoms with van der Waals surface area (Å²) in [5, 5.41) is 11.6. The van der Waals surface area contributed by atoms with E-state index in [0.717, 1.165) is 44.9 Å². The summed E-state index contributed by atoms with van der Waals surface area (Å²) in [5.74, 6) is -1.80. The molecular weight excluding hydrogens is 715 g/mol. The van der Waals surface area contributed by atoms with E-state index in [2.05, 4.69) is 62.5 Å². The predicted molar refractivity (Wildman–Crippen MR) is 236 cm³/mol. The van der Waals surface area contributed by atoms with Gasteiger partial charge in [-0.15, -0.1) is 0 Å². The van der Waals surface area contributed by atoms with Gasteiger partial charge in [-0.05, 0) is 51.4 Å². The molecule has 0 amide bonds. The molecule has 8 nitrogen and oxygen atoms in total. The highest BCUT2D eigenvalue weighted by Gasteiger charge is 2.25. The Kier molecular flexibility index (Phi) is 38.2. The number of carboxylic acid groups (broad SMARTS) is 1. The van der Waals surface area contributed by atoms with Gasteiger partial charge in [-0.3, -0.25) is 9.59 Å². The number of carbonyl (C=O) groups is 3. The smallest absolute Gasteiger partial charge is 0.306 e. The fourth-order valence-electron chi connectivity index (χ4n) is 6.59. The molecule has 8 heteroatoms. The van der Waals surface area contributed by atoms with E-state index in [1.807, 2.05) is 0 Å². The molecular formula is C49H87NO7. The first-order valence-corrected chi connectivity index (χ1v) is 23.2. The molecule has 0 spiro atoms. The van der Waals surface area contributed by atoms with Gasteiger partial charge < -0.3 is 28.6 Å². The third-order valence-corrected chi connectivity index (χ3v) is 10.2. The van der Waals surface area contributed by atoms with Crippen LogP contribution in [0.15, 0.2) is 48.6 Å². The van der Waals surface area contributed by atoms with Gasteiger partial charge in [0.1, 0.15) is 12.6 Å². The van der Waals surface area contributed by atoms with E-state index in [4.69, 9.17) is 14.2 Å². The maximum Gasteiger partial charge on any atom is 0.306 e. The minimum absolute atomic E-state index is 0.0200. The van der Waals surface area contributed by atoms with Crippen LogP contribution in [0.3, 0.4) is 0 Å². The van der Waals surface area contributed by atoms with Crippen LogP contribution in [-0.2, 0) is 28.6 Å². The van der Waals surface area contributed by atoms with Crippen molar-refractivity contribution in [3.05, 3.63) is 48.6 Å². The largest absolute Gasteiger partial charge is 0.544 e. The molecule has 0 aromatic carbocycles. The van der Waals surface area contributed by atoms with Gasteiger partial charge >= 0.3 is 11.9 Å². The molecule has 0 saturated heterocycles. The zero-order valence-electron chi connectivity index (χ0n) is 37.5. The zero-order valence-corrected chi connectivity index (χ0v) is 37.5. The molecule has 0 N–H and O–H groups in total. The van der Waals surface area contributed by atoms with Crippen LogP contribution in [0.1, 0.15) is 194 Å². The normalized spacial score (nSPS) is 13.4. The maximum atomic E-state index is 12.7. The number of likely N-dealkylation sites (N-methyl/N-ethyl adjacent to an activating group) is 1. The first-order valence-electron chi connectivity index (χ1n) is 23.2. The summed E-state index contributed by atoms with van der Waals surface area (Å²) in [6.45, 7) is 4.59. The third-order valence-electron chi connectivity index (χ3n) is 10.2. The highest BCUT2D eigenvalue weighted by Crippen LogP contribution is 2.15. The molecule has 0 aromatic heterocycles. The summed E-state index contributed by atoms with van der Waals surface area (Å²) in [7, 11) is 5.39. The van der Waals surface area contributed by atoms with E-state index in [9.17, 15) is 19.5 Å². The molecule has 0 radical (unpaired) electrons. The van der Waals surface area contributed by atoms with Gasteiger partial charge in [0.2, 0.25) is 0 Å². The monoisotopic (exact) mass is 802 g/mol. The van der Waals surface area contributed by atoms with Crippen molar-refractivity contribution < 1.29 is 38.2 Å². The van der Waals surface area contributed by atoms with Crippen LogP contribution in [0.5, 0.6) is 0 Å². The van der Waals surface area contributed by atoms with Gasteiger partial charge in [-0.1, -0.05) is 172 Å². The van der Waals surface area contributed by atoms with E-state index in [1.165, 1.54) is 109 Å². The Labute approximate surface area is 350 Å². The van der Waals surface area contributed by atoms with Crippen LogP contribution in [0.25, 0.3) is 0 Å². The first-order chi connectivity index (χ1) is 27.6. The first kappa shape index (κ1) is 54.3. The highest BCUT2D eigenvalue weighted by molar-refractivity contribution is 5.70. The molecule has 0 bridgehead atoms. The molecule has 0 fully saturated rings. The summed E-state index contributed by atoms with van der Waals surface area (Å²) in [5.41, 5.74) is 0. The van der Waals surface area contributed by atoms with Gasteiger partial charge in [0.25, 0.3) is 0 Å². The molecule has 0 aliphatic heterocycles. The van der Waals surface area contributed by atoms with E-state index in [0.29, 0.717) is 12.8 Å². The van der Waals surface area contributed by atoms with E-state index in [1.54, 1.807) is 21.1 Å².